The van der Waals surface area contributed by atoms with E-state index in [0.717, 1.165) is 0 Å². The van der Waals surface area contributed by atoms with Crippen molar-refractivity contribution in [1.82, 2.24) is 4.98 Å². The van der Waals surface area contributed by atoms with Crippen molar-refractivity contribution in [2.45, 2.75) is 26.2 Å². The van der Waals surface area contributed by atoms with Gasteiger partial charge < -0.3 is 24.3 Å². The lowest BCUT2D eigenvalue weighted by Crippen LogP contribution is -2.25. The molecule has 8 heteroatoms. The first-order chi connectivity index (χ1) is 12.6. The highest BCUT2D eigenvalue weighted by Gasteiger charge is 2.32. The van der Waals surface area contributed by atoms with Crippen molar-refractivity contribution in [3.63, 3.8) is 0 Å². The summed E-state index contributed by atoms with van der Waals surface area (Å²) in [7, 11) is 0. The number of fused-ring (bicyclic) bond motifs is 1. The number of benzene rings is 1. The Balaban J connectivity index is 1.96. The summed E-state index contributed by atoms with van der Waals surface area (Å²) >= 11 is 0. The minimum Gasteiger partial charge on any atom is -0.441 e. The van der Waals surface area contributed by atoms with Gasteiger partial charge in [-0.1, -0.05) is 6.07 Å². The normalized spacial score (nSPS) is 17.3. The lowest BCUT2D eigenvalue weighted by Gasteiger charge is -2.18. The number of ether oxygens (including phenoxy) is 3. The lowest BCUT2D eigenvalue weighted by atomic mass is 10.1. The fourth-order valence-electron chi connectivity index (χ4n) is 2.92. The van der Waals surface area contributed by atoms with Crippen molar-refractivity contribution in [2.24, 2.45) is 0 Å². The molecule has 0 saturated carbocycles. The number of anilines is 1. The number of amides is 1. The highest BCUT2D eigenvalue weighted by atomic mass is 16.7. The van der Waals surface area contributed by atoms with Crippen LogP contribution in [0, 0.1) is 0 Å². The number of rotatable bonds is 7. The molecule has 1 aromatic carbocycles. The Morgan fingerprint density at radius 1 is 1.27 bits per heavy atom. The number of H-pyrrole nitrogens is 1. The first-order valence-electron chi connectivity index (χ1n) is 8.56. The van der Waals surface area contributed by atoms with E-state index in [1.54, 1.807) is 24.3 Å². The van der Waals surface area contributed by atoms with Gasteiger partial charge in [0.2, 0.25) is 0 Å². The van der Waals surface area contributed by atoms with E-state index in [1.807, 2.05) is 13.8 Å². The highest BCUT2D eigenvalue weighted by molar-refractivity contribution is 5.94. The summed E-state index contributed by atoms with van der Waals surface area (Å²) in [6.07, 6.45) is -1.73. The predicted molar refractivity (Wildman–Crippen MR) is 95.3 cm³/mol. The van der Waals surface area contributed by atoms with Crippen LogP contribution in [0.1, 0.15) is 25.8 Å². The Morgan fingerprint density at radius 2 is 2.00 bits per heavy atom. The minimum absolute atomic E-state index is 0.240. The zero-order chi connectivity index (χ0) is 18.7. The van der Waals surface area contributed by atoms with Crippen molar-refractivity contribution >= 4 is 22.6 Å². The third-order valence-corrected chi connectivity index (χ3v) is 4.13. The summed E-state index contributed by atoms with van der Waals surface area (Å²) in [4.78, 5) is 28.7. The number of aliphatic hydroxyl groups is 1. The number of aromatic amines is 1. The molecular weight excluding hydrogens is 340 g/mol. The zero-order valence-electron chi connectivity index (χ0n) is 14.7. The molecule has 8 nitrogen and oxygen atoms in total. The number of pyridine rings is 1. The van der Waals surface area contributed by atoms with Gasteiger partial charge in [0, 0.05) is 24.3 Å². The molecular formula is C18H22N2O6. The number of hydrogen-bond donors (Lipinski definition) is 2. The van der Waals surface area contributed by atoms with E-state index in [2.05, 4.69) is 4.98 Å². The van der Waals surface area contributed by atoms with E-state index in [0.29, 0.717) is 35.4 Å². The number of aromatic nitrogens is 1. The van der Waals surface area contributed by atoms with Crippen LogP contribution in [-0.4, -0.2) is 48.7 Å². The van der Waals surface area contributed by atoms with Crippen LogP contribution in [0.3, 0.4) is 0 Å². The zero-order valence-corrected chi connectivity index (χ0v) is 14.7. The minimum atomic E-state index is -0.638. The van der Waals surface area contributed by atoms with Gasteiger partial charge in [-0.3, -0.25) is 9.69 Å². The third kappa shape index (κ3) is 3.57. The maximum Gasteiger partial charge on any atom is 0.414 e. The summed E-state index contributed by atoms with van der Waals surface area (Å²) in [5.41, 5.74) is 0.790. The summed E-state index contributed by atoms with van der Waals surface area (Å²) < 4.78 is 16.1. The molecule has 1 aliphatic heterocycles. The monoisotopic (exact) mass is 362 g/mol. The van der Waals surface area contributed by atoms with Crippen LogP contribution in [0.4, 0.5) is 10.5 Å². The molecule has 0 unspecified atom stereocenters. The SMILES string of the molecule is CCOC(OCC)c1cc2ccc(N3C[C@H](CO)OC3=O)cc2c(=O)[nH]1. The second kappa shape index (κ2) is 7.86. The second-order valence-corrected chi connectivity index (χ2v) is 5.87. The van der Waals surface area contributed by atoms with Crippen molar-refractivity contribution in [3.8, 4) is 0 Å². The molecule has 1 amide bonds. The van der Waals surface area contributed by atoms with E-state index >= 15 is 0 Å². The van der Waals surface area contributed by atoms with Gasteiger partial charge in [-0.05, 0) is 37.4 Å². The van der Waals surface area contributed by atoms with Gasteiger partial charge in [0.15, 0.2) is 6.29 Å². The predicted octanol–water partition coefficient (Wildman–Crippen LogP) is 1.92. The van der Waals surface area contributed by atoms with Crippen LogP contribution in [0.2, 0.25) is 0 Å². The van der Waals surface area contributed by atoms with Gasteiger partial charge in [-0.25, -0.2) is 4.79 Å². The van der Waals surface area contributed by atoms with Crippen LogP contribution >= 0.6 is 0 Å². The number of carbonyl (C=O) groups excluding carboxylic acids is 1. The second-order valence-electron chi connectivity index (χ2n) is 5.87. The van der Waals surface area contributed by atoms with E-state index < -0.39 is 18.5 Å². The van der Waals surface area contributed by atoms with Gasteiger partial charge in [-0.15, -0.1) is 0 Å². The van der Waals surface area contributed by atoms with Crippen molar-refractivity contribution in [2.75, 3.05) is 31.3 Å². The van der Waals surface area contributed by atoms with E-state index in [4.69, 9.17) is 19.3 Å². The van der Waals surface area contributed by atoms with Crippen LogP contribution in [0.15, 0.2) is 29.1 Å². The Bertz CT molecular complexity index is 843. The van der Waals surface area contributed by atoms with E-state index in [9.17, 15) is 9.59 Å². The van der Waals surface area contributed by atoms with Crippen LogP contribution < -0.4 is 10.5 Å². The average molecular weight is 362 g/mol. The molecule has 1 aliphatic rings. The van der Waals surface area contributed by atoms with Gasteiger partial charge in [0.25, 0.3) is 5.56 Å². The fraction of sp³-hybridized carbons (Fsp3) is 0.444. The van der Waals surface area contributed by atoms with E-state index in [1.165, 1.54) is 4.90 Å². The molecule has 140 valence electrons. The summed E-state index contributed by atoms with van der Waals surface area (Å²) in [6.45, 7) is 4.61. The molecule has 1 saturated heterocycles. The van der Waals surface area contributed by atoms with Crippen LogP contribution in [-0.2, 0) is 14.2 Å². The van der Waals surface area contributed by atoms with Gasteiger partial charge in [-0.2, -0.15) is 0 Å². The molecule has 26 heavy (non-hydrogen) atoms. The van der Waals surface area contributed by atoms with Gasteiger partial charge >= 0.3 is 6.09 Å². The van der Waals surface area contributed by atoms with Gasteiger partial charge in [0.05, 0.1) is 18.8 Å². The number of cyclic esters (lactones) is 1. The molecule has 0 spiro atoms. The van der Waals surface area contributed by atoms with E-state index in [-0.39, 0.29) is 18.7 Å². The number of hydrogen-bond acceptors (Lipinski definition) is 6. The maximum atomic E-state index is 12.5. The van der Waals surface area contributed by atoms with Crippen LogP contribution in [0.25, 0.3) is 10.8 Å². The number of nitrogens with one attached hydrogen (secondary N) is 1. The smallest absolute Gasteiger partial charge is 0.414 e. The molecule has 3 rings (SSSR count). The Labute approximate surface area is 150 Å². The third-order valence-electron chi connectivity index (χ3n) is 4.13. The van der Waals surface area contributed by atoms with Gasteiger partial charge in [0.1, 0.15) is 6.10 Å². The first kappa shape index (κ1) is 18.4. The number of carbonyl (C=O) groups is 1. The molecule has 0 bridgehead atoms. The summed E-state index contributed by atoms with van der Waals surface area (Å²) in [6, 6.07) is 6.94. The fourth-order valence-corrected chi connectivity index (χ4v) is 2.92. The number of nitrogens with zero attached hydrogens (tertiary/aromatic N) is 1. The molecule has 2 aromatic rings. The quantitative estimate of drug-likeness (QED) is 0.730. The maximum absolute atomic E-state index is 12.5. The van der Waals surface area contributed by atoms with Crippen molar-refractivity contribution < 1.29 is 24.1 Å². The Hall–Kier alpha value is -2.42. The molecule has 0 radical (unpaired) electrons. The average Bonchev–Trinajstić information content (AvgIpc) is 3.02. The summed E-state index contributed by atoms with van der Waals surface area (Å²) in [5.74, 6) is 0. The van der Waals surface area contributed by atoms with Crippen LogP contribution in [0.5, 0.6) is 0 Å². The molecule has 1 atom stereocenters. The molecule has 1 fully saturated rings. The highest BCUT2D eigenvalue weighted by Crippen LogP contribution is 2.26. The topological polar surface area (TPSA) is 101 Å². The standard InChI is InChI=1S/C18H22N2O6/c1-3-24-17(25-4-2)15-7-11-5-6-12(8-14(11)16(22)19-15)20-9-13(10-21)26-18(20)23/h5-8,13,17,21H,3-4,9-10H2,1-2H3,(H,19,22)/t13-/m1/s1. The summed E-state index contributed by atoms with van der Waals surface area (Å²) in [5, 5.41) is 10.3. The molecule has 0 aliphatic carbocycles. The largest absolute Gasteiger partial charge is 0.441 e. The number of aliphatic hydroxyl groups excluding tert-OH is 1. The Morgan fingerprint density at radius 3 is 2.62 bits per heavy atom. The lowest BCUT2D eigenvalue weighted by molar-refractivity contribution is -0.142. The molecule has 2 heterocycles. The molecule has 1 aromatic heterocycles. The molecule has 2 N–H and O–H groups in total. The van der Waals surface area contributed by atoms with Crippen molar-refractivity contribution in [3.05, 3.63) is 40.3 Å². The van der Waals surface area contributed by atoms with Crippen molar-refractivity contribution in [1.29, 1.82) is 0 Å². The Kier molecular flexibility index (Phi) is 5.55. The first-order valence-corrected chi connectivity index (χ1v) is 8.56.